The van der Waals surface area contributed by atoms with Crippen molar-refractivity contribution in [2.45, 2.75) is 39.7 Å². The van der Waals surface area contributed by atoms with E-state index in [0.717, 1.165) is 11.3 Å². The second-order valence-corrected chi connectivity index (χ2v) is 4.34. The van der Waals surface area contributed by atoms with Crippen LogP contribution in [0.5, 0.6) is 5.75 Å². The molecule has 0 fully saturated rings. The third-order valence-electron chi connectivity index (χ3n) is 2.86. The van der Waals surface area contributed by atoms with Crippen molar-refractivity contribution in [1.82, 2.24) is 0 Å². The van der Waals surface area contributed by atoms with Crippen LogP contribution in [0, 0.1) is 13.8 Å². The van der Waals surface area contributed by atoms with Crippen LogP contribution in [0.3, 0.4) is 0 Å². The Kier molecular flexibility index (Phi) is 3.75. The first kappa shape index (κ1) is 12.1. The summed E-state index contributed by atoms with van der Waals surface area (Å²) in [4.78, 5) is 0. The Morgan fingerprint density at radius 1 is 1.33 bits per heavy atom. The Labute approximate surface area is 91.9 Å². The van der Waals surface area contributed by atoms with Crippen molar-refractivity contribution in [1.29, 1.82) is 0 Å². The third kappa shape index (κ3) is 3.24. The molecule has 1 unspecified atom stereocenters. The molecule has 1 rings (SSSR count). The molecule has 84 valence electrons. The van der Waals surface area contributed by atoms with Gasteiger partial charge in [0.1, 0.15) is 12.4 Å². The third-order valence-corrected chi connectivity index (χ3v) is 2.86. The number of benzene rings is 1. The van der Waals surface area contributed by atoms with Gasteiger partial charge in [-0.2, -0.15) is 0 Å². The Bertz CT molecular complexity index is 329. The lowest BCUT2D eigenvalue weighted by molar-refractivity contribution is 0.00825. The van der Waals surface area contributed by atoms with Crippen LogP contribution < -0.4 is 4.74 Å². The summed E-state index contributed by atoms with van der Waals surface area (Å²) >= 11 is 0. The normalized spacial score (nSPS) is 14.7. The van der Waals surface area contributed by atoms with Crippen LogP contribution in [0.1, 0.15) is 31.4 Å². The van der Waals surface area contributed by atoms with Crippen molar-refractivity contribution in [2.75, 3.05) is 6.61 Å². The van der Waals surface area contributed by atoms with Crippen molar-refractivity contribution in [3.05, 3.63) is 29.3 Å². The summed E-state index contributed by atoms with van der Waals surface area (Å²) in [5.74, 6) is 0.865. The average molecular weight is 208 g/mol. The zero-order chi connectivity index (χ0) is 11.5. The largest absolute Gasteiger partial charge is 0.490 e. The fraction of sp³-hybridized carbons (Fsp3) is 0.538. The van der Waals surface area contributed by atoms with E-state index in [2.05, 4.69) is 13.0 Å². The maximum Gasteiger partial charge on any atom is 0.122 e. The Balaban J connectivity index is 2.70. The van der Waals surface area contributed by atoms with E-state index in [0.29, 0.717) is 13.0 Å². The molecule has 0 heterocycles. The predicted octanol–water partition coefficient (Wildman–Crippen LogP) is 2.84. The Morgan fingerprint density at radius 2 is 2.00 bits per heavy atom. The summed E-state index contributed by atoms with van der Waals surface area (Å²) < 4.78 is 5.62. The van der Waals surface area contributed by atoms with E-state index in [1.54, 1.807) is 6.92 Å². The van der Waals surface area contributed by atoms with E-state index in [1.165, 1.54) is 5.56 Å². The van der Waals surface area contributed by atoms with Gasteiger partial charge in [0, 0.05) is 0 Å². The molecule has 1 atom stereocenters. The first-order chi connectivity index (χ1) is 6.96. The van der Waals surface area contributed by atoms with Crippen molar-refractivity contribution >= 4 is 0 Å². The number of ether oxygens (including phenoxy) is 1. The van der Waals surface area contributed by atoms with Crippen LogP contribution in [0.25, 0.3) is 0 Å². The van der Waals surface area contributed by atoms with Gasteiger partial charge >= 0.3 is 0 Å². The van der Waals surface area contributed by atoms with E-state index in [4.69, 9.17) is 4.74 Å². The zero-order valence-corrected chi connectivity index (χ0v) is 10.0. The topological polar surface area (TPSA) is 29.5 Å². The highest BCUT2D eigenvalue weighted by Gasteiger charge is 2.18. The number of hydrogen-bond acceptors (Lipinski definition) is 2. The van der Waals surface area contributed by atoms with Gasteiger partial charge in [0.25, 0.3) is 0 Å². The number of hydrogen-bond donors (Lipinski definition) is 1. The lowest BCUT2D eigenvalue weighted by Crippen LogP contribution is -2.31. The van der Waals surface area contributed by atoms with E-state index in [-0.39, 0.29) is 0 Å². The van der Waals surface area contributed by atoms with Gasteiger partial charge in [0.05, 0.1) is 5.60 Å². The van der Waals surface area contributed by atoms with Crippen LogP contribution in [0.4, 0.5) is 0 Å². The Morgan fingerprint density at radius 3 is 2.60 bits per heavy atom. The minimum absolute atomic E-state index is 0.341. The fourth-order valence-corrected chi connectivity index (χ4v) is 1.22. The summed E-state index contributed by atoms with van der Waals surface area (Å²) in [6.45, 7) is 8.17. The lowest BCUT2D eigenvalue weighted by atomic mass is 10.1. The van der Waals surface area contributed by atoms with Gasteiger partial charge in [-0.15, -0.1) is 0 Å². The average Bonchev–Trinajstić information content (AvgIpc) is 2.20. The first-order valence-electron chi connectivity index (χ1n) is 5.37. The molecule has 0 aliphatic rings. The molecular formula is C13H20O2. The molecule has 0 aromatic heterocycles. The molecule has 0 saturated carbocycles. The van der Waals surface area contributed by atoms with Crippen molar-refractivity contribution in [3.8, 4) is 5.75 Å². The molecule has 2 nitrogen and oxygen atoms in total. The van der Waals surface area contributed by atoms with Crippen LogP contribution in [-0.2, 0) is 0 Å². The summed E-state index contributed by atoms with van der Waals surface area (Å²) in [5.41, 5.74) is 1.61. The van der Waals surface area contributed by atoms with Gasteiger partial charge in [0.2, 0.25) is 0 Å². The van der Waals surface area contributed by atoms with Crippen LogP contribution in [-0.4, -0.2) is 17.3 Å². The number of aliphatic hydroxyl groups is 1. The SMILES string of the molecule is CCC(C)(O)COc1cccc(C)c1C. The van der Waals surface area contributed by atoms with Crippen LogP contribution >= 0.6 is 0 Å². The second-order valence-electron chi connectivity index (χ2n) is 4.34. The predicted molar refractivity (Wildman–Crippen MR) is 62.3 cm³/mol. The minimum atomic E-state index is -0.740. The maximum absolute atomic E-state index is 9.82. The van der Waals surface area contributed by atoms with Gasteiger partial charge in [-0.1, -0.05) is 19.1 Å². The monoisotopic (exact) mass is 208 g/mol. The van der Waals surface area contributed by atoms with Gasteiger partial charge in [-0.05, 0) is 44.4 Å². The number of aryl methyl sites for hydroxylation is 1. The molecule has 15 heavy (non-hydrogen) atoms. The van der Waals surface area contributed by atoms with Crippen molar-refractivity contribution < 1.29 is 9.84 Å². The summed E-state index contributed by atoms with van der Waals surface area (Å²) in [6.07, 6.45) is 0.692. The summed E-state index contributed by atoms with van der Waals surface area (Å²) in [5, 5.41) is 9.82. The van der Waals surface area contributed by atoms with E-state index in [9.17, 15) is 5.11 Å². The molecule has 0 aliphatic heterocycles. The maximum atomic E-state index is 9.82. The van der Waals surface area contributed by atoms with Gasteiger partial charge < -0.3 is 9.84 Å². The second kappa shape index (κ2) is 4.67. The Hall–Kier alpha value is -1.02. The molecule has 2 heteroatoms. The van der Waals surface area contributed by atoms with Gasteiger partial charge in [-0.25, -0.2) is 0 Å². The van der Waals surface area contributed by atoms with Gasteiger partial charge in [0.15, 0.2) is 0 Å². The van der Waals surface area contributed by atoms with Crippen molar-refractivity contribution in [3.63, 3.8) is 0 Å². The lowest BCUT2D eigenvalue weighted by Gasteiger charge is -2.22. The molecule has 0 aliphatic carbocycles. The molecule has 0 bridgehead atoms. The standard InChI is InChI=1S/C13H20O2/c1-5-13(4,14)9-15-12-8-6-7-10(2)11(12)3/h6-8,14H,5,9H2,1-4H3. The highest BCUT2D eigenvalue weighted by molar-refractivity contribution is 5.38. The molecule has 0 saturated heterocycles. The van der Waals surface area contributed by atoms with E-state index in [1.807, 2.05) is 26.0 Å². The fourth-order valence-electron chi connectivity index (χ4n) is 1.22. The molecule has 0 amide bonds. The molecule has 0 spiro atoms. The van der Waals surface area contributed by atoms with Crippen LogP contribution in [0.15, 0.2) is 18.2 Å². The smallest absolute Gasteiger partial charge is 0.122 e. The molecule has 0 radical (unpaired) electrons. The highest BCUT2D eigenvalue weighted by Crippen LogP contribution is 2.22. The van der Waals surface area contributed by atoms with E-state index >= 15 is 0 Å². The summed E-state index contributed by atoms with van der Waals surface area (Å²) in [7, 11) is 0. The molecule has 1 aromatic rings. The van der Waals surface area contributed by atoms with Crippen LogP contribution in [0.2, 0.25) is 0 Å². The zero-order valence-electron chi connectivity index (χ0n) is 10.0. The molecule has 1 N–H and O–H groups in total. The summed E-state index contributed by atoms with van der Waals surface area (Å²) in [6, 6.07) is 5.96. The minimum Gasteiger partial charge on any atom is -0.490 e. The number of rotatable bonds is 4. The van der Waals surface area contributed by atoms with Gasteiger partial charge in [-0.3, -0.25) is 0 Å². The molecular weight excluding hydrogens is 188 g/mol. The molecule has 1 aromatic carbocycles. The quantitative estimate of drug-likeness (QED) is 0.824. The van der Waals surface area contributed by atoms with Crippen molar-refractivity contribution in [2.24, 2.45) is 0 Å². The van der Waals surface area contributed by atoms with E-state index < -0.39 is 5.60 Å². The first-order valence-corrected chi connectivity index (χ1v) is 5.37. The highest BCUT2D eigenvalue weighted by atomic mass is 16.5.